The Balaban J connectivity index is 2.01. The lowest BCUT2D eigenvalue weighted by Gasteiger charge is -2.24. The minimum atomic E-state index is -0.217. The summed E-state index contributed by atoms with van der Waals surface area (Å²) < 4.78 is 10.6. The summed E-state index contributed by atoms with van der Waals surface area (Å²) in [5, 5.41) is 3.88. The van der Waals surface area contributed by atoms with Crippen molar-refractivity contribution in [2.75, 3.05) is 31.0 Å². The SMILES string of the molecule is CC[B]N(Cc1ccc(OC)cc1)c1nc(N[C@@H](CCC)COC)c2c(=O)[nH]ccc2n1. The lowest BCUT2D eigenvalue weighted by molar-refractivity contribution is 0.182. The van der Waals surface area contributed by atoms with E-state index >= 15 is 0 Å². The van der Waals surface area contributed by atoms with Gasteiger partial charge in [0.2, 0.25) is 13.4 Å². The molecule has 0 amide bonds. The van der Waals surface area contributed by atoms with Crippen molar-refractivity contribution in [3.8, 4) is 5.75 Å². The number of nitrogens with zero attached hydrogens (tertiary/aromatic N) is 3. The zero-order chi connectivity index (χ0) is 22.9. The molecule has 9 heteroatoms. The van der Waals surface area contributed by atoms with Gasteiger partial charge in [0.25, 0.3) is 5.56 Å². The van der Waals surface area contributed by atoms with E-state index < -0.39 is 0 Å². The van der Waals surface area contributed by atoms with Gasteiger partial charge in [0.1, 0.15) is 17.0 Å². The number of nitrogens with one attached hydrogen (secondary N) is 2. The average Bonchev–Trinajstić information content (AvgIpc) is 2.79. The summed E-state index contributed by atoms with van der Waals surface area (Å²) in [6.07, 6.45) is 4.32. The van der Waals surface area contributed by atoms with Gasteiger partial charge in [-0.1, -0.05) is 38.7 Å². The van der Waals surface area contributed by atoms with Gasteiger partial charge in [-0.3, -0.25) is 4.79 Å². The Hall–Kier alpha value is -3.07. The number of hydrogen-bond acceptors (Lipinski definition) is 7. The van der Waals surface area contributed by atoms with Gasteiger partial charge in [0.05, 0.1) is 25.3 Å². The number of pyridine rings is 1. The summed E-state index contributed by atoms with van der Waals surface area (Å²) in [7, 11) is 5.38. The number of anilines is 2. The molecule has 0 fully saturated rings. The van der Waals surface area contributed by atoms with Crippen molar-refractivity contribution >= 4 is 30.1 Å². The third kappa shape index (κ3) is 5.79. The number of aromatic nitrogens is 3. The number of ether oxygens (including phenoxy) is 2. The van der Waals surface area contributed by atoms with Crippen LogP contribution < -0.4 is 20.4 Å². The fourth-order valence-electron chi connectivity index (χ4n) is 3.62. The van der Waals surface area contributed by atoms with E-state index in [9.17, 15) is 4.79 Å². The van der Waals surface area contributed by atoms with E-state index in [1.165, 1.54) is 0 Å². The Bertz CT molecular complexity index is 1050. The third-order valence-electron chi connectivity index (χ3n) is 5.13. The molecule has 2 N–H and O–H groups in total. The first-order valence-corrected chi connectivity index (χ1v) is 11.0. The Labute approximate surface area is 189 Å². The monoisotopic (exact) mass is 436 g/mol. The van der Waals surface area contributed by atoms with Gasteiger partial charge < -0.3 is 24.6 Å². The van der Waals surface area contributed by atoms with Gasteiger partial charge in [0, 0.05) is 19.9 Å². The molecule has 0 unspecified atom stereocenters. The van der Waals surface area contributed by atoms with Crippen LogP contribution in [0.2, 0.25) is 6.32 Å². The van der Waals surface area contributed by atoms with Crippen LogP contribution in [0.1, 0.15) is 32.3 Å². The van der Waals surface area contributed by atoms with E-state index in [-0.39, 0.29) is 11.6 Å². The zero-order valence-corrected chi connectivity index (χ0v) is 19.2. The van der Waals surface area contributed by atoms with Crippen LogP contribution in [-0.4, -0.2) is 49.2 Å². The number of rotatable bonds is 12. The summed E-state index contributed by atoms with van der Waals surface area (Å²) in [6, 6.07) is 9.77. The fourth-order valence-corrected chi connectivity index (χ4v) is 3.62. The molecular weight excluding hydrogens is 405 g/mol. The lowest BCUT2D eigenvalue weighted by Crippen LogP contribution is -2.30. The van der Waals surface area contributed by atoms with Crippen LogP contribution in [-0.2, 0) is 11.3 Å². The van der Waals surface area contributed by atoms with E-state index in [4.69, 9.17) is 19.4 Å². The highest BCUT2D eigenvalue weighted by molar-refractivity contribution is 6.40. The molecule has 2 aromatic heterocycles. The van der Waals surface area contributed by atoms with Gasteiger partial charge in [-0.05, 0) is 30.2 Å². The maximum atomic E-state index is 12.6. The molecule has 1 radical (unpaired) electrons. The number of methoxy groups -OCH3 is 2. The van der Waals surface area contributed by atoms with Crippen LogP contribution >= 0.6 is 0 Å². The fraction of sp³-hybridized carbons (Fsp3) is 0.435. The normalized spacial score (nSPS) is 11.9. The van der Waals surface area contributed by atoms with Crippen LogP contribution in [0.5, 0.6) is 5.75 Å². The highest BCUT2D eigenvalue weighted by Gasteiger charge is 2.18. The smallest absolute Gasteiger partial charge is 0.261 e. The van der Waals surface area contributed by atoms with Crippen molar-refractivity contribution in [2.45, 2.75) is 45.6 Å². The molecule has 8 nitrogen and oxygen atoms in total. The molecule has 0 spiro atoms. The molecule has 169 valence electrons. The molecule has 32 heavy (non-hydrogen) atoms. The topological polar surface area (TPSA) is 92.4 Å². The van der Waals surface area contributed by atoms with E-state index in [0.717, 1.165) is 30.5 Å². The Morgan fingerprint density at radius 3 is 2.59 bits per heavy atom. The van der Waals surface area contributed by atoms with Crippen molar-refractivity contribution in [1.82, 2.24) is 15.0 Å². The first-order chi connectivity index (χ1) is 15.6. The van der Waals surface area contributed by atoms with E-state index in [2.05, 4.69) is 31.6 Å². The van der Waals surface area contributed by atoms with Gasteiger partial charge in [-0.15, -0.1) is 0 Å². The number of H-pyrrole nitrogens is 1. The number of fused-ring (bicyclic) bond motifs is 1. The minimum absolute atomic E-state index is 0.0424. The summed E-state index contributed by atoms with van der Waals surface area (Å²) >= 11 is 0. The number of hydrogen-bond donors (Lipinski definition) is 2. The van der Waals surface area contributed by atoms with Crippen molar-refractivity contribution in [1.29, 1.82) is 0 Å². The van der Waals surface area contributed by atoms with Crippen molar-refractivity contribution in [3.05, 3.63) is 52.4 Å². The second-order valence-corrected chi connectivity index (χ2v) is 7.59. The molecule has 0 aliphatic carbocycles. The Kier molecular flexibility index (Phi) is 8.50. The summed E-state index contributed by atoms with van der Waals surface area (Å²) in [6.45, 7) is 5.31. The molecule has 0 bridgehead atoms. The maximum absolute atomic E-state index is 12.6. The highest BCUT2D eigenvalue weighted by atomic mass is 16.5. The maximum Gasteiger partial charge on any atom is 0.261 e. The second-order valence-electron chi connectivity index (χ2n) is 7.59. The molecule has 2 heterocycles. The van der Waals surface area contributed by atoms with Gasteiger partial charge in [0.15, 0.2) is 0 Å². The van der Waals surface area contributed by atoms with E-state index in [0.29, 0.717) is 35.8 Å². The number of aromatic amines is 1. The van der Waals surface area contributed by atoms with E-state index in [1.807, 2.05) is 29.1 Å². The molecule has 0 aliphatic rings. The largest absolute Gasteiger partial charge is 0.497 e. The summed E-state index contributed by atoms with van der Waals surface area (Å²) in [5.41, 5.74) is 1.48. The van der Waals surface area contributed by atoms with Gasteiger partial charge >= 0.3 is 0 Å². The molecule has 0 saturated heterocycles. The third-order valence-corrected chi connectivity index (χ3v) is 5.13. The molecule has 3 aromatic rings. The molecule has 3 rings (SSSR count). The lowest BCUT2D eigenvalue weighted by atomic mass is 9.87. The van der Waals surface area contributed by atoms with Crippen LogP contribution in [0.15, 0.2) is 41.3 Å². The van der Waals surface area contributed by atoms with Crippen molar-refractivity contribution in [3.63, 3.8) is 0 Å². The quantitative estimate of drug-likeness (QED) is 0.419. The van der Waals surface area contributed by atoms with Crippen LogP contribution in [0.25, 0.3) is 10.9 Å². The first kappa shape index (κ1) is 23.6. The molecule has 0 aliphatic heterocycles. The van der Waals surface area contributed by atoms with Crippen molar-refractivity contribution < 1.29 is 9.47 Å². The molecule has 1 aromatic carbocycles. The van der Waals surface area contributed by atoms with E-state index in [1.54, 1.807) is 26.5 Å². The number of benzene rings is 1. The standard InChI is InChI=1S/C23H31BN5O3/c1-5-7-17(15-31-3)26-21-20-19(12-13-25-22(20)30)27-23(28-21)29(24-6-2)14-16-8-10-18(32-4)11-9-16/h8-13,17H,5-7,14-15H2,1-4H3,(H,25,30)(H,26,27,28)/t17-/m0/s1. The van der Waals surface area contributed by atoms with Gasteiger partial charge in [-0.25, -0.2) is 4.98 Å². The first-order valence-electron chi connectivity index (χ1n) is 11.0. The van der Waals surface area contributed by atoms with Gasteiger partial charge in [-0.2, -0.15) is 4.98 Å². The Morgan fingerprint density at radius 2 is 1.94 bits per heavy atom. The van der Waals surface area contributed by atoms with Crippen LogP contribution in [0.4, 0.5) is 11.8 Å². The van der Waals surface area contributed by atoms with Crippen LogP contribution in [0, 0.1) is 0 Å². The molecule has 1 atom stereocenters. The highest BCUT2D eigenvalue weighted by Crippen LogP contribution is 2.23. The average molecular weight is 436 g/mol. The summed E-state index contributed by atoms with van der Waals surface area (Å²) in [5.74, 6) is 1.87. The molecule has 0 saturated carbocycles. The summed E-state index contributed by atoms with van der Waals surface area (Å²) in [4.78, 5) is 26.9. The van der Waals surface area contributed by atoms with Crippen molar-refractivity contribution in [2.24, 2.45) is 0 Å². The Morgan fingerprint density at radius 1 is 1.16 bits per heavy atom. The predicted molar refractivity (Wildman–Crippen MR) is 130 cm³/mol. The predicted octanol–water partition coefficient (Wildman–Crippen LogP) is 3.62. The van der Waals surface area contributed by atoms with Crippen LogP contribution in [0.3, 0.4) is 0 Å². The minimum Gasteiger partial charge on any atom is -0.497 e. The second kappa shape index (κ2) is 11.5. The zero-order valence-electron chi connectivity index (χ0n) is 19.2. The molecular formula is C23H31BN5O3.